The lowest BCUT2D eigenvalue weighted by molar-refractivity contribution is -0.131. The minimum atomic E-state index is -0.498. The normalized spacial score (nSPS) is 17.0. The summed E-state index contributed by atoms with van der Waals surface area (Å²) < 4.78 is 13.2. The van der Waals surface area contributed by atoms with Crippen molar-refractivity contribution >= 4 is 17.2 Å². The highest BCUT2D eigenvalue weighted by Gasteiger charge is 2.36. The highest BCUT2D eigenvalue weighted by Crippen LogP contribution is 2.39. The molecule has 1 aliphatic carbocycles. The molecule has 3 N–H and O–H groups in total. The Labute approximate surface area is 158 Å². The van der Waals surface area contributed by atoms with Crippen molar-refractivity contribution in [3.05, 3.63) is 40.7 Å². The lowest BCUT2D eigenvalue weighted by atomic mass is 9.81. The number of halogens is 1. The average Bonchev–Trinajstić information content (AvgIpc) is 3.09. The van der Waals surface area contributed by atoms with Gasteiger partial charge in [-0.25, -0.2) is 9.37 Å². The zero-order valence-electron chi connectivity index (χ0n) is 15.3. The molecule has 1 atom stereocenters. The lowest BCUT2D eigenvalue weighted by Gasteiger charge is -2.32. The smallest absolute Gasteiger partial charge is 0.227 e. The molecule has 1 unspecified atom stereocenters. The van der Waals surface area contributed by atoms with Crippen molar-refractivity contribution < 1.29 is 9.18 Å². The van der Waals surface area contributed by atoms with Gasteiger partial charge in [-0.15, -0.1) is 11.3 Å². The number of fused-ring (bicyclic) bond motifs is 1. The summed E-state index contributed by atoms with van der Waals surface area (Å²) in [5.41, 5.74) is 7.39. The SMILES string of the molecule is CCC(CC)(CN)C(=O)NC1CCCc2nc(-c3ccc(F)cc3)sc21. The summed E-state index contributed by atoms with van der Waals surface area (Å²) in [5.74, 6) is -0.211. The maximum Gasteiger partial charge on any atom is 0.227 e. The molecule has 1 aromatic heterocycles. The molecule has 0 bridgehead atoms. The van der Waals surface area contributed by atoms with E-state index >= 15 is 0 Å². The Balaban J connectivity index is 1.85. The molecule has 1 heterocycles. The van der Waals surface area contributed by atoms with Gasteiger partial charge in [0.05, 0.1) is 22.0 Å². The molecule has 4 nitrogen and oxygen atoms in total. The topological polar surface area (TPSA) is 68.0 Å². The van der Waals surface area contributed by atoms with E-state index in [0.717, 1.165) is 53.2 Å². The monoisotopic (exact) mass is 375 g/mol. The number of nitrogens with zero attached hydrogens (tertiary/aromatic N) is 1. The Morgan fingerprint density at radius 3 is 2.65 bits per heavy atom. The number of rotatable bonds is 6. The summed E-state index contributed by atoms with van der Waals surface area (Å²) in [4.78, 5) is 18.8. The number of aryl methyl sites for hydroxylation is 1. The maximum absolute atomic E-state index is 13.2. The predicted molar refractivity (Wildman–Crippen MR) is 103 cm³/mol. The van der Waals surface area contributed by atoms with Crippen LogP contribution in [0.15, 0.2) is 24.3 Å². The molecule has 0 spiro atoms. The van der Waals surface area contributed by atoms with Crippen molar-refractivity contribution in [3.8, 4) is 10.6 Å². The fourth-order valence-electron chi connectivity index (χ4n) is 3.54. The number of thiazole rings is 1. The van der Waals surface area contributed by atoms with Gasteiger partial charge in [-0.3, -0.25) is 4.79 Å². The van der Waals surface area contributed by atoms with Crippen LogP contribution in [0.4, 0.5) is 4.39 Å². The van der Waals surface area contributed by atoms with Crippen molar-refractivity contribution in [1.29, 1.82) is 0 Å². The van der Waals surface area contributed by atoms with Gasteiger partial charge in [0.2, 0.25) is 5.91 Å². The number of aromatic nitrogens is 1. The molecule has 3 rings (SSSR count). The Morgan fingerprint density at radius 1 is 1.35 bits per heavy atom. The van der Waals surface area contributed by atoms with Gasteiger partial charge < -0.3 is 11.1 Å². The molecule has 2 aromatic rings. The number of benzene rings is 1. The Kier molecular flexibility index (Phi) is 5.73. The second-order valence-electron chi connectivity index (χ2n) is 6.95. The van der Waals surface area contributed by atoms with Crippen LogP contribution in [0.1, 0.15) is 56.1 Å². The second kappa shape index (κ2) is 7.84. The van der Waals surface area contributed by atoms with Crippen LogP contribution in [-0.2, 0) is 11.2 Å². The van der Waals surface area contributed by atoms with Crippen LogP contribution >= 0.6 is 11.3 Å². The van der Waals surface area contributed by atoms with Crippen LogP contribution in [-0.4, -0.2) is 17.4 Å². The predicted octanol–water partition coefficient (Wildman–Crippen LogP) is 4.21. The first-order chi connectivity index (χ1) is 12.5. The summed E-state index contributed by atoms with van der Waals surface area (Å²) in [6, 6.07) is 6.39. The lowest BCUT2D eigenvalue weighted by Crippen LogP contribution is -2.46. The molecule has 1 aromatic carbocycles. The minimum absolute atomic E-state index is 0.0121. The Bertz CT molecular complexity index is 760. The molecule has 0 saturated heterocycles. The van der Waals surface area contributed by atoms with E-state index in [9.17, 15) is 9.18 Å². The maximum atomic E-state index is 13.2. The summed E-state index contributed by atoms with van der Waals surface area (Å²) in [5, 5.41) is 4.12. The molecule has 0 aliphatic heterocycles. The number of carbonyl (C=O) groups excluding carboxylic acids is 1. The van der Waals surface area contributed by atoms with Crippen LogP contribution in [0.2, 0.25) is 0 Å². The summed E-state index contributed by atoms with van der Waals surface area (Å²) in [7, 11) is 0. The van der Waals surface area contributed by atoms with E-state index in [1.165, 1.54) is 12.1 Å². The summed E-state index contributed by atoms with van der Waals surface area (Å²) in [6.45, 7) is 4.39. The van der Waals surface area contributed by atoms with E-state index in [-0.39, 0.29) is 17.8 Å². The van der Waals surface area contributed by atoms with Crippen LogP contribution < -0.4 is 11.1 Å². The molecule has 1 aliphatic rings. The third-order valence-corrected chi connectivity index (χ3v) is 6.83. The van der Waals surface area contributed by atoms with E-state index < -0.39 is 5.41 Å². The first-order valence-corrected chi connectivity index (χ1v) is 10.1. The second-order valence-corrected chi connectivity index (χ2v) is 7.98. The molecule has 0 fully saturated rings. The number of nitrogens with two attached hydrogens (primary N) is 1. The van der Waals surface area contributed by atoms with Gasteiger partial charge in [0, 0.05) is 12.1 Å². The summed E-state index contributed by atoms with van der Waals surface area (Å²) in [6.07, 6.45) is 4.29. The van der Waals surface area contributed by atoms with E-state index in [1.807, 2.05) is 13.8 Å². The van der Waals surface area contributed by atoms with Crippen LogP contribution in [0.25, 0.3) is 10.6 Å². The zero-order chi connectivity index (χ0) is 18.7. The van der Waals surface area contributed by atoms with Gasteiger partial charge in [0.25, 0.3) is 0 Å². The number of nitrogens with one attached hydrogen (secondary N) is 1. The number of hydrogen-bond acceptors (Lipinski definition) is 4. The van der Waals surface area contributed by atoms with E-state index in [0.29, 0.717) is 6.54 Å². The number of carbonyl (C=O) groups is 1. The number of hydrogen-bond donors (Lipinski definition) is 2. The number of amides is 1. The van der Waals surface area contributed by atoms with Crippen molar-refractivity contribution in [2.45, 2.75) is 52.0 Å². The molecule has 26 heavy (non-hydrogen) atoms. The van der Waals surface area contributed by atoms with Gasteiger partial charge >= 0.3 is 0 Å². The highest BCUT2D eigenvalue weighted by molar-refractivity contribution is 7.15. The van der Waals surface area contributed by atoms with Crippen LogP contribution in [0.3, 0.4) is 0 Å². The average molecular weight is 376 g/mol. The molecular weight excluding hydrogens is 349 g/mol. The van der Waals surface area contributed by atoms with E-state index in [4.69, 9.17) is 10.7 Å². The first-order valence-electron chi connectivity index (χ1n) is 9.29. The van der Waals surface area contributed by atoms with Crippen LogP contribution in [0, 0.1) is 11.2 Å². The largest absolute Gasteiger partial charge is 0.348 e. The van der Waals surface area contributed by atoms with Gasteiger partial charge in [-0.05, 0) is 56.4 Å². The zero-order valence-corrected chi connectivity index (χ0v) is 16.2. The molecule has 140 valence electrons. The Morgan fingerprint density at radius 2 is 2.04 bits per heavy atom. The van der Waals surface area contributed by atoms with Gasteiger partial charge in [0.1, 0.15) is 10.8 Å². The molecule has 6 heteroatoms. The van der Waals surface area contributed by atoms with Gasteiger partial charge in [-0.2, -0.15) is 0 Å². The van der Waals surface area contributed by atoms with Crippen molar-refractivity contribution in [2.75, 3.05) is 6.54 Å². The molecule has 0 radical (unpaired) electrons. The third kappa shape index (κ3) is 3.53. The minimum Gasteiger partial charge on any atom is -0.348 e. The van der Waals surface area contributed by atoms with Crippen molar-refractivity contribution in [1.82, 2.24) is 10.3 Å². The third-order valence-electron chi connectivity index (χ3n) is 5.57. The fourth-order valence-corrected chi connectivity index (χ4v) is 4.74. The molecular formula is C20H26FN3OS. The fraction of sp³-hybridized carbons (Fsp3) is 0.500. The summed E-state index contributed by atoms with van der Waals surface area (Å²) >= 11 is 1.60. The molecule has 1 amide bonds. The van der Waals surface area contributed by atoms with E-state index in [2.05, 4.69) is 5.32 Å². The molecule has 0 saturated carbocycles. The van der Waals surface area contributed by atoms with Crippen molar-refractivity contribution in [2.24, 2.45) is 11.1 Å². The van der Waals surface area contributed by atoms with Gasteiger partial charge in [0.15, 0.2) is 0 Å². The first kappa shape index (κ1) is 19.0. The highest BCUT2D eigenvalue weighted by atomic mass is 32.1. The van der Waals surface area contributed by atoms with Gasteiger partial charge in [-0.1, -0.05) is 13.8 Å². The quantitative estimate of drug-likeness (QED) is 0.795. The van der Waals surface area contributed by atoms with E-state index in [1.54, 1.807) is 23.5 Å². The Hall–Kier alpha value is -1.79. The van der Waals surface area contributed by atoms with Crippen LogP contribution in [0.5, 0.6) is 0 Å². The van der Waals surface area contributed by atoms with Crippen molar-refractivity contribution in [3.63, 3.8) is 0 Å². The standard InChI is InChI=1S/C20H26FN3OS/c1-3-20(4-2,12-22)19(25)24-16-7-5-6-15-17(16)26-18(23-15)13-8-10-14(21)11-9-13/h8-11,16H,3-7,12,22H2,1-2H3,(H,24,25).